The Morgan fingerprint density at radius 2 is 2.06 bits per heavy atom. The van der Waals surface area contributed by atoms with Crippen LogP contribution >= 0.6 is 24.0 Å². The molecule has 0 spiro atoms. The summed E-state index contributed by atoms with van der Waals surface area (Å²) in [5, 5.41) is 6.70. The van der Waals surface area contributed by atoms with E-state index in [9.17, 15) is 9.18 Å². The van der Waals surface area contributed by atoms with Gasteiger partial charge in [0.05, 0.1) is 7.11 Å². The maximum Gasteiger partial charge on any atom is 0.243 e. The molecule has 0 bridgehead atoms. The fourth-order valence-corrected chi connectivity index (χ4v) is 3.43. The van der Waals surface area contributed by atoms with Gasteiger partial charge in [-0.25, -0.2) is 14.4 Å². The number of likely N-dealkylation sites (N-methyl/N-ethyl adjacent to an activating group) is 1. The SMILES string of the molecule is COc1ccc(CCNC(=NCC(=O)N(C)C)NC2CCN(c3ncccc3F)C2)cc1.I. The number of guanidine groups is 1. The number of amides is 1. The number of pyridine rings is 1. The molecule has 0 radical (unpaired) electrons. The van der Waals surface area contributed by atoms with E-state index in [-0.39, 0.29) is 48.3 Å². The van der Waals surface area contributed by atoms with Crippen LogP contribution in [-0.2, 0) is 11.2 Å². The molecular formula is C23H32FIN6O2. The van der Waals surface area contributed by atoms with Gasteiger partial charge in [0.15, 0.2) is 17.6 Å². The number of rotatable bonds is 8. The number of ether oxygens (including phenoxy) is 1. The quantitative estimate of drug-likeness (QED) is 0.288. The molecule has 2 aromatic rings. The molecule has 2 heterocycles. The van der Waals surface area contributed by atoms with Crippen molar-refractivity contribution in [1.82, 2.24) is 20.5 Å². The van der Waals surface area contributed by atoms with Gasteiger partial charge < -0.3 is 25.2 Å². The molecule has 180 valence electrons. The van der Waals surface area contributed by atoms with Gasteiger partial charge in [-0.15, -0.1) is 24.0 Å². The number of nitrogens with zero attached hydrogens (tertiary/aromatic N) is 4. The molecule has 1 fully saturated rings. The van der Waals surface area contributed by atoms with Gasteiger partial charge in [0.2, 0.25) is 5.91 Å². The van der Waals surface area contributed by atoms with Crippen molar-refractivity contribution in [3.8, 4) is 5.75 Å². The van der Waals surface area contributed by atoms with Crippen LogP contribution in [0.25, 0.3) is 0 Å². The van der Waals surface area contributed by atoms with Crippen LogP contribution in [0.3, 0.4) is 0 Å². The molecule has 1 atom stereocenters. The van der Waals surface area contributed by atoms with Crippen LogP contribution in [-0.4, -0.2) is 75.2 Å². The summed E-state index contributed by atoms with van der Waals surface area (Å²) in [7, 11) is 5.06. The second-order valence-electron chi connectivity index (χ2n) is 7.86. The molecule has 1 aromatic carbocycles. The van der Waals surface area contributed by atoms with Crippen molar-refractivity contribution in [3.63, 3.8) is 0 Å². The van der Waals surface area contributed by atoms with E-state index >= 15 is 0 Å². The van der Waals surface area contributed by atoms with Crippen LogP contribution in [0.4, 0.5) is 10.2 Å². The lowest BCUT2D eigenvalue weighted by molar-refractivity contribution is -0.127. The molecule has 8 nitrogen and oxygen atoms in total. The van der Waals surface area contributed by atoms with Gasteiger partial charge in [0.1, 0.15) is 12.3 Å². The Morgan fingerprint density at radius 3 is 2.73 bits per heavy atom. The Bertz CT molecular complexity index is 925. The number of aliphatic imine (C=N–C) groups is 1. The number of carbonyl (C=O) groups excluding carboxylic acids is 1. The number of methoxy groups -OCH3 is 1. The number of benzene rings is 1. The standard InChI is InChI=1S/C23H31FN6O2.HI/c1-29(2)21(31)15-27-23(26-13-10-17-6-8-19(32-3)9-7-17)28-18-11-14-30(16-18)22-20(24)5-4-12-25-22;/h4-9,12,18H,10-11,13-16H2,1-3H3,(H2,26,27,28);1H. The van der Waals surface area contributed by atoms with Crippen molar-refractivity contribution in [2.45, 2.75) is 18.9 Å². The van der Waals surface area contributed by atoms with Gasteiger partial charge in [-0.3, -0.25) is 4.79 Å². The average Bonchev–Trinajstić information content (AvgIpc) is 3.26. The summed E-state index contributed by atoms with van der Waals surface area (Å²) >= 11 is 0. The molecule has 1 aliphatic rings. The predicted molar refractivity (Wildman–Crippen MR) is 139 cm³/mol. The summed E-state index contributed by atoms with van der Waals surface area (Å²) in [6.07, 6.45) is 3.21. The number of anilines is 1. The summed E-state index contributed by atoms with van der Waals surface area (Å²) in [6.45, 7) is 2.01. The lowest BCUT2D eigenvalue weighted by Gasteiger charge is -2.20. The molecule has 1 unspecified atom stereocenters. The van der Waals surface area contributed by atoms with Crippen molar-refractivity contribution < 1.29 is 13.9 Å². The van der Waals surface area contributed by atoms with Crippen molar-refractivity contribution in [3.05, 3.63) is 54.0 Å². The van der Waals surface area contributed by atoms with Gasteiger partial charge in [-0.1, -0.05) is 12.1 Å². The zero-order valence-corrected chi connectivity index (χ0v) is 21.6. The van der Waals surface area contributed by atoms with Crippen LogP contribution in [0, 0.1) is 5.82 Å². The monoisotopic (exact) mass is 570 g/mol. The first kappa shape index (κ1) is 26.6. The minimum absolute atomic E-state index is 0. The van der Waals surface area contributed by atoms with Crippen molar-refractivity contribution in [2.24, 2.45) is 4.99 Å². The van der Waals surface area contributed by atoms with E-state index in [0.717, 1.165) is 18.6 Å². The lowest BCUT2D eigenvalue weighted by Crippen LogP contribution is -2.45. The predicted octanol–water partition coefficient (Wildman–Crippen LogP) is 2.29. The van der Waals surface area contributed by atoms with Crippen LogP contribution < -0.4 is 20.3 Å². The van der Waals surface area contributed by atoms with E-state index in [2.05, 4.69) is 20.6 Å². The van der Waals surface area contributed by atoms with E-state index in [1.807, 2.05) is 29.2 Å². The average molecular weight is 570 g/mol. The maximum absolute atomic E-state index is 14.1. The number of halogens is 2. The Kier molecular flexibility index (Phi) is 10.6. The first-order valence-corrected chi connectivity index (χ1v) is 10.7. The number of hydrogen-bond donors (Lipinski definition) is 2. The minimum atomic E-state index is -0.323. The third-order valence-corrected chi connectivity index (χ3v) is 5.30. The molecule has 2 N–H and O–H groups in total. The summed E-state index contributed by atoms with van der Waals surface area (Å²) in [6, 6.07) is 11.0. The number of carbonyl (C=O) groups is 1. The topological polar surface area (TPSA) is 82.1 Å². The van der Waals surface area contributed by atoms with Gasteiger partial charge in [-0.05, 0) is 42.7 Å². The molecule has 1 aliphatic heterocycles. The first-order valence-electron chi connectivity index (χ1n) is 10.7. The molecular weight excluding hydrogens is 538 g/mol. The fourth-order valence-electron chi connectivity index (χ4n) is 3.43. The second-order valence-corrected chi connectivity index (χ2v) is 7.86. The molecule has 1 saturated heterocycles. The Hall–Kier alpha value is -2.63. The Balaban J connectivity index is 0.00000385. The van der Waals surface area contributed by atoms with Crippen molar-refractivity contribution >= 4 is 41.7 Å². The Morgan fingerprint density at radius 1 is 1.30 bits per heavy atom. The van der Waals surface area contributed by atoms with E-state index in [1.165, 1.54) is 16.5 Å². The number of nitrogens with one attached hydrogen (secondary N) is 2. The van der Waals surface area contributed by atoms with Gasteiger partial charge in [0.25, 0.3) is 0 Å². The Labute approximate surface area is 211 Å². The molecule has 0 saturated carbocycles. The molecule has 3 rings (SSSR count). The van der Waals surface area contributed by atoms with Gasteiger partial charge >= 0.3 is 0 Å². The zero-order chi connectivity index (χ0) is 22.9. The van der Waals surface area contributed by atoms with Gasteiger partial charge in [-0.2, -0.15) is 0 Å². The summed E-state index contributed by atoms with van der Waals surface area (Å²) in [4.78, 5) is 24.1. The van der Waals surface area contributed by atoms with Crippen LogP contribution in [0.2, 0.25) is 0 Å². The highest BCUT2D eigenvalue weighted by molar-refractivity contribution is 14.0. The third-order valence-electron chi connectivity index (χ3n) is 5.30. The zero-order valence-electron chi connectivity index (χ0n) is 19.3. The summed E-state index contributed by atoms with van der Waals surface area (Å²) in [5.74, 6) is 1.36. The molecule has 33 heavy (non-hydrogen) atoms. The molecule has 1 amide bonds. The molecule has 0 aliphatic carbocycles. The highest BCUT2D eigenvalue weighted by Gasteiger charge is 2.26. The normalized spacial score (nSPS) is 15.6. The van der Waals surface area contributed by atoms with Crippen molar-refractivity contribution in [2.75, 3.05) is 52.3 Å². The van der Waals surface area contributed by atoms with E-state index in [4.69, 9.17) is 4.74 Å². The van der Waals surface area contributed by atoms with Crippen LogP contribution in [0.15, 0.2) is 47.6 Å². The highest BCUT2D eigenvalue weighted by atomic mass is 127. The number of aromatic nitrogens is 1. The van der Waals surface area contributed by atoms with E-state index < -0.39 is 0 Å². The smallest absolute Gasteiger partial charge is 0.243 e. The first-order chi connectivity index (χ1) is 15.5. The molecule has 10 heteroatoms. The van der Waals surface area contributed by atoms with Crippen LogP contribution in [0.5, 0.6) is 5.75 Å². The molecule has 1 aromatic heterocycles. The van der Waals surface area contributed by atoms with E-state index in [1.54, 1.807) is 33.5 Å². The summed E-state index contributed by atoms with van der Waals surface area (Å²) in [5.41, 5.74) is 1.17. The van der Waals surface area contributed by atoms with Crippen LogP contribution in [0.1, 0.15) is 12.0 Å². The lowest BCUT2D eigenvalue weighted by atomic mass is 10.1. The maximum atomic E-state index is 14.1. The van der Waals surface area contributed by atoms with E-state index in [0.29, 0.717) is 31.4 Å². The largest absolute Gasteiger partial charge is 0.497 e. The second kappa shape index (κ2) is 13.2. The fraction of sp³-hybridized carbons (Fsp3) is 0.435. The number of hydrogen-bond acceptors (Lipinski definition) is 5. The minimum Gasteiger partial charge on any atom is -0.497 e. The van der Waals surface area contributed by atoms with Crippen molar-refractivity contribution in [1.29, 1.82) is 0 Å². The third kappa shape index (κ3) is 8.02. The highest BCUT2D eigenvalue weighted by Crippen LogP contribution is 2.20. The summed E-state index contributed by atoms with van der Waals surface area (Å²) < 4.78 is 19.3. The van der Waals surface area contributed by atoms with Gasteiger partial charge in [0, 0.05) is 46.0 Å².